The molecule has 2 aromatic carbocycles. The molecule has 0 bridgehead atoms. The van der Waals surface area contributed by atoms with Crippen molar-refractivity contribution in [3.63, 3.8) is 0 Å². The second-order valence-electron chi connectivity index (χ2n) is 9.22. The van der Waals surface area contributed by atoms with Crippen LogP contribution in [0.2, 0.25) is 0 Å². The summed E-state index contributed by atoms with van der Waals surface area (Å²) in [7, 11) is 0. The van der Waals surface area contributed by atoms with Crippen molar-refractivity contribution in [2.45, 2.75) is 39.3 Å². The van der Waals surface area contributed by atoms with Crippen molar-refractivity contribution in [1.29, 1.82) is 5.26 Å². The Kier molecular flexibility index (Phi) is 9.06. The van der Waals surface area contributed by atoms with Gasteiger partial charge in [-0.3, -0.25) is 19.4 Å². The fourth-order valence-electron chi connectivity index (χ4n) is 4.02. The van der Waals surface area contributed by atoms with Gasteiger partial charge in [0.25, 0.3) is 0 Å². The summed E-state index contributed by atoms with van der Waals surface area (Å²) in [5.41, 5.74) is 1.96. The summed E-state index contributed by atoms with van der Waals surface area (Å²) in [4.78, 5) is 41.3. The highest BCUT2D eigenvalue weighted by atomic mass is 16.3. The largest absolute Gasteiger partial charge is 0.494 e. The van der Waals surface area contributed by atoms with Crippen molar-refractivity contribution >= 4 is 23.7 Å². The number of rotatable bonds is 10. The minimum atomic E-state index is -0.971. The van der Waals surface area contributed by atoms with Crippen molar-refractivity contribution in [2.75, 3.05) is 0 Å². The van der Waals surface area contributed by atoms with Crippen LogP contribution in [0.3, 0.4) is 0 Å². The van der Waals surface area contributed by atoms with Crippen LogP contribution in [0.5, 0.6) is 11.8 Å². The van der Waals surface area contributed by atoms with Crippen molar-refractivity contribution < 1.29 is 24.6 Å². The number of Topliss-reactive ketones (excluding diaryl/α,β-unsaturated/α-hetero) is 1. The summed E-state index contributed by atoms with van der Waals surface area (Å²) in [6.45, 7) is 5.00. The zero-order chi connectivity index (χ0) is 27.8. The van der Waals surface area contributed by atoms with Crippen molar-refractivity contribution in [2.24, 2.45) is 5.92 Å². The molecule has 9 heteroatoms. The Morgan fingerprint density at radius 2 is 1.74 bits per heavy atom. The molecule has 0 spiro atoms. The van der Waals surface area contributed by atoms with E-state index in [1.165, 1.54) is 13.0 Å². The van der Waals surface area contributed by atoms with E-state index in [0.29, 0.717) is 16.7 Å². The minimum absolute atomic E-state index is 0.0833. The second kappa shape index (κ2) is 12.4. The van der Waals surface area contributed by atoms with Gasteiger partial charge in [0.05, 0.1) is 35.7 Å². The van der Waals surface area contributed by atoms with Gasteiger partial charge >= 0.3 is 0 Å². The van der Waals surface area contributed by atoms with E-state index >= 15 is 0 Å². The molecule has 0 aliphatic heterocycles. The zero-order valence-corrected chi connectivity index (χ0v) is 21.4. The molecular formula is C29H30N4O5. The minimum Gasteiger partial charge on any atom is -0.494 e. The van der Waals surface area contributed by atoms with E-state index in [-0.39, 0.29) is 29.3 Å². The summed E-state index contributed by atoms with van der Waals surface area (Å²) in [6.07, 6.45) is 2.76. The van der Waals surface area contributed by atoms with Crippen LogP contribution in [-0.4, -0.2) is 38.8 Å². The molecule has 3 aromatic rings. The fourth-order valence-corrected chi connectivity index (χ4v) is 4.02. The van der Waals surface area contributed by atoms with Crippen LogP contribution < -0.4 is 10.6 Å². The van der Waals surface area contributed by atoms with Gasteiger partial charge in [0.15, 0.2) is 11.7 Å². The van der Waals surface area contributed by atoms with Gasteiger partial charge < -0.3 is 20.8 Å². The lowest BCUT2D eigenvalue weighted by Crippen LogP contribution is -2.45. The van der Waals surface area contributed by atoms with Crippen LogP contribution in [0.4, 0.5) is 0 Å². The SMILES string of the molecule is Cc1c(O)[nH]c(O)c1C(=O)[C@@H](NC(=O)C[C@H](NC(=O)C=Cc1cccc(C#N)c1)c1ccccc1)C(C)C. The van der Waals surface area contributed by atoms with Crippen LogP contribution >= 0.6 is 0 Å². The number of ketones is 1. The van der Waals surface area contributed by atoms with E-state index in [4.69, 9.17) is 5.26 Å². The first kappa shape index (κ1) is 27.7. The summed E-state index contributed by atoms with van der Waals surface area (Å²) in [6, 6.07) is 16.2. The molecule has 0 unspecified atom stereocenters. The summed E-state index contributed by atoms with van der Waals surface area (Å²) in [5.74, 6) is -2.56. The molecule has 9 nitrogen and oxygen atoms in total. The normalized spacial score (nSPS) is 12.6. The van der Waals surface area contributed by atoms with E-state index in [9.17, 15) is 24.6 Å². The molecule has 2 amide bonds. The molecule has 1 heterocycles. The Bertz CT molecular complexity index is 1390. The van der Waals surface area contributed by atoms with Gasteiger partial charge in [-0.1, -0.05) is 56.3 Å². The number of nitrogens with zero attached hydrogens (tertiary/aromatic N) is 1. The number of aromatic hydroxyl groups is 2. The molecule has 1 aromatic heterocycles. The second-order valence-corrected chi connectivity index (χ2v) is 9.22. The molecule has 0 aliphatic carbocycles. The van der Waals surface area contributed by atoms with Crippen LogP contribution in [-0.2, 0) is 9.59 Å². The lowest BCUT2D eigenvalue weighted by molar-refractivity contribution is -0.123. The number of H-pyrrole nitrogens is 1. The predicted octanol–water partition coefficient (Wildman–Crippen LogP) is 3.89. The highest BCUT2D eigenvalue weighted by Crippen LogP contribution is 2.30. The summed E-state index contributed by atoms with van der Waals surface area (Å²) >= 11 is 0. The van der Waals surface area contributed by atoms with E-state index in [0.717, 1.165) is 0 Å². The van der Waals surface area contributed by atoms with Gasteiger partial charge in [0, 0.05) is 11.6 Å². The van der Waals surface area contributed by atoms with Gasteiger partial charge in [-0.15, -0.1) is 0 Å². The Morgan fingerprint density at radius 3 is 2.34 bits per heavy atom. The number of aromatic amines is 1. The number of hydrogen-bond donors (Lipinski definition) is 5. The van der Waals surface area contributed by atoms with E-state index in [1.807, 2.05) is 12.1 Å². The Balaban J connectivity index is 1.76. The molecule has 2 atom stereocenters. The number of nitriles is 1. The van der Waals surface area contributed by atoms with E-state index < -0.39 is 35.6 Å². The molecule has 3 rings (SSSR count). The molecular weight excluding hydrogens is 484 g/mol. The average molecular weight is 515 g/mol. The average Bonchev–Trinajstić information content (AvgIpc) is 3.16. The standard InChI is InChI=1S/C29H30N4O5/c1-17(2)26(27(36)25-18(3)28(37)33-29(25)38)32-24(35)15-22(21-10-5-4-6-11-21)31-23(34)13-12-19-8-7-9-20(14-19)16-30/h4-14,17,22,26,33,37-38H,15H2,1-3H3,(H,31,34)(H,32,35)/t22-,26-/m0/s1. The first-order valence-electron chi connectivity index (χ1n) is 12.1. The number of amides is 2. The quantitative estimate of drug-likeness (QED) is 0.204. The maximum absolute atomic E-state index is 13.2. The topological polar surface area (TPSA) is 155 Å². The highest BCUT2D eigenvalue weighted by Gasteiger charge is 2.31. The number of hydrogen-bond acceptors (Lipinski definition) is 6. The van der Waals surface area contributed by atoms with Gasteiger partial charge in [-0.05, 0) is 42.2 Å². The summed E-state index contributed by atoms with van der Waals surface area (Å²) in [5, 5.41) is 34.5. The Morgan fingerprint density at radius 1 is 1.03 bits per heavy atom. The highest BCUT2D eigenvalue weighted by molar-refractivity contribution is 6.05. The molecule has 0 aliphatic rings. The third-order valence-electron chi connectivity index (χ3n) is 6.07. The first-order chi connectivity index (χ1) is 18.1. The Labute approximate surface area is 220 Å². The van der Waals surface area contributed by atoms with Gasteiger partial charge in [0.1, 0.15) is 0 Å². The molecule has 0 saturated carbocycles. The third kappa shape index (κ3) is 6.89. The first-order valence-corrected chi connectivity index (χ1v) is 12.1. The van der Waals surface area contributed by atoms with Crippen molar-refractivity contribution in [3.8, 4) is 17.8 Å². The van der Waals surface area contributed by atoms with E-state index in [1.54, 1.807) is 68.5 Å². The van der Waals surface area contributed by atoms with E-state index in [2.05, 4.69) is 15.6 Å². The van der Waals surface area contributed by atoms with Crippen molar-refractivity contribution in [1.82, 2.24) is 15.6 Å². The number of carbonyl (C=O) groups is 3. The molecule has 0 fully saturated rings. The molecule has 5 N–H and O–H groups in total. The maximum Gasteiger partial charge on any atom is 0.244 e. The lowest BCUT2D eigenvalue weighted by Gasteiger charge is -2.24. The number of aromatic nitrogens is 1. The molecule has 196 valence electrons. The zero-order valence-electron chi connectivity index (χ0n) is 21.4. The number of benzene rings is 2. The summed E-state index contributed by atoms with van der Waals surface area (Å²) < 4.78 is 0. The third-order valence-corrected chi connectivity index (χ3v) is 6.07. The van der Waals surface area contributed by atoms with Crippen LogP contribution in [0.1, 0.15) is 58.9 Å². The lowest BCUT2D eigenvalue weighted by atomic mass is 9.93. The van der Waals surface area contributed by atoms with Crippen LogP contribution in [0.25, 0.3) is 6.08 Å². The monoisotopic (exact) mass is 514 g/mol. The number of carbonyl (C=O) groups excluding carboxylic acids is 3. The Hall–Kier alpha value is -4.84. The van der Waals surface area contributed by atoms with Gasteiger partial charge in [-0.25, -0.2) is 0 Å². The molecule has 38 heavy (non-hydrogen) atoms. The smallest absolute Gasteiger partial charge is 0.244 e. The van der Waals surface area contributed by atoms with Gasteiger partial charge in [0.2, 0.25) is 17.7 Å². The van der Waals surface area contributed by atoms with Crippen molar-refractivity contribution in [3.05, 3.63) is 88.5 Å². The van der Waals surface area contributed by atoms with Crippen LogP contribution in [0, 0.1) is 24.2 Å². The van der Waals surface area contributed by atoms with Crippen LogP contribution in [0.15, 0.2) is 60.7 Å². The predicted molar refractivity (Wildman–Crippen MR) is 142 cm³/mol. The maximum atomic E-state index is 13.2. The van der Waals surface area contributed by atoms with Gasteiger partial charge in [-0.2, -0.15) is 5.26 Å². The molecule has 0 radical (unpaired) electrons. The number of nitrogens with one attached hydrogen (secondary N) is 3. The fraction of sp³-hybridized carbons (Fsp3) is 0.241. The molecule has 0 saturated heterocycles.